The predicted molar refractivity (Wildman–Crippen MR) is 106 cm³/mol. The summed E-state index contributed by atoms with van der Waals surface area (Å²) < 4.78 is 33.6. The summed E-state index contributed by atoms with van der Waals surface area (Å²) in [5, 5.41) is 10.8. The molecule has 0 fully saturated rings. The molecule has 0 bridgehead atoms. The van der Waals surface area contributed by atoms with Crippen LogP contribution in [-0.4, -0.2) is 22.8 Å². The molecule has 0 aliphatic carbocycles. The molecule has 7 heteroatoms. The molecule has 0 radical (unpaired) electrons. The Balaban J connectivity index is 2.44. The minimum atomic E-state index is -1.02. The van der Waals surface area contributed by atoms with E-state index >= 15 is 0 Å². The summed E-state index contributed by atoms with van der Waals surface area (Å²) in [6, 6.07) is 8.14. The average Bonchev–Trinajstić information content (AvgIpc) is 2.68. The van der Waals surface area contributed by atoms with Crippen LogP contribution in [0.3, 0.4) is 0 Å². The quantitative estimate of drug-likeness (QED) is 0.646. The van der Waals surface area contributed by atoms with Gasteiger partial charge in [-0.3, -0.25) is 9.59 Å². The summed E-state index contributed by atoms with van der Waals surface area (Å²) in [5.74, 6) is -2.89. The van der Waals surface area contributed by atoms with Gasteiger partial charge in [0.2, 0.25) is 0 Å². The van der Waals surface area contributed by atoms with Crippen molar-refractivity contribution in [3.05, 3.63) is 64.1 Å². The van der Waals surface area contributed by atoms with Crippen molar-refractivity contribution in [3.8, 4) is 16.9 Å². The smallest absolute Gasteiger partial charge is 0.307 e. The lowest BCUT2D eigenvalue weighted by Gasteiger charge is -2.23. The molecule has 1 heterocycles. The zero-order valence-corrected chi connectivity index (χ0v) is 16.3. The van der Waals surface area contributed by atoms with Gasteiger partial charge < -0.3 is 14.4 Å². The maximum absolute atomic E-state index is 14.0. The molecule has 0 amide bonds. The number of esters is 1. The number of phenolic OH excluding ortho intramolecular Hbond substituents is 1. The third-order valence-corrected chi connectivity index (χ3v) is 4.84. The lowest BCUT2D eigenvalue weighted by molar-refractivity contribution is -0.140. The number of benzene rings is 2. The first kappa shape index (κ1) is 20.5. The van der Waals surface area contributed by atoms with Crippen LogP contribution in [0, 0.1) is 11.6 Å². The van der Waals surface area contributed by atoms with E-state index < -0.39 is 23.2 Å². The van der Waals surface area contributed by atoms with Crippen LogP contribution in [0.5, 0.6) is 5.75 Å². The van der Waals surface area contributed by atoms with Crippen molar-refractivity contribution >= 4 is 16.7 Å². The summed E-state index contributed by atoms with van der Waals surface area (Å²) in [4.78, 5) is 24.9. The summed E-state index contributed by atoms with van der Waals surface area (Å²) in [6.07, 6.45) is -0.0492. The molecule has 0 atom stereocenters. The second-order valence-electron chi connectivity index (χ2n) is 7.03. The fourth-order valence-electron chi connectivity index (χ4n) is 3.57. The van der Waals surface area contributed by atoms with Crippen LogP contribution in [0.15, 0.2) is 41.2 Å². The Labute approximate surface area is 166 Å². The summed E-state index contributed by atoms with van der Waals surface area (Å²) in [5.41, 5.74) is 0.976. The standard InChI is InChI=1S/C22H21F2NO4/c1-12(2)21-19(13-7-8-15(23)16(24)11-13)14-5-4-6-17(26)20(14)22(28)25(21)10-9-18(27)29-3/h4-8,11-12,26H,9-10H2,1-3H3. The van der Waals surface area contributed by atoms with Crippen molar-refractivity contribution in [1.82, 2.24) is 4.57 Å². The first-order valence-electron chi connectivity index (χ1n) is 9.16. The number of hydrogen-bond donors (Lipinski definition) is 1. The average molecular weight is 401 g/mol. The second kappa shape index (κ2) is 8.03. The number of rotatable bonds is 5. The number of pyridine rings is 1. The van der Waals surface area contributed by atoms with E-state index in [0.717, 1.165) is 12.1 Å². The number of fused-ring (bicyclic) bond motifs is 1. The van der Waals surface area contributed by atoms with Crippen LogP contribution in [0.25, 0.3) is 21.9 Å². The fourth-order valence-corrected chi connectivity index (χ4v) is 3.57. The maximum atomic E-state index is 14.0. The highest BCUT2D eigenvalue weighted by Gasteiger charge is 2.23. The zero-order valence-electron chi connectivity index (χ0n) is 16.3. The number of phenols is 1. The fraction of sp³-hybridized carbons (Fsp3) is 0.273. The molecule has 1 aromatic heterocycles. The molecule has 0 aliphatic rings. The molecular formula is C22H21F2NO4. The van der Waals surface area contributed by atoms with E-state index in [2.05, 4.69) is 4.74 Å². The number of carbonyl (C=O) groups is 1. The van der Waals surface area contributed by atoms with Crippen molar-refractivity contribution in [3.63, 3.8) is 0 Å². The lowest BCUT2D eigenvalue weighted by Crippen LogP contribution is -2.27. The van der Waals surface area contributed by atoms with Gasteiger partial charge in [0.1, 0.15) is 5.75 Å². The van der Waals surface area contributed by atoms with Crippen LogP contribution >= 0.6 is 0 Å². The molecule has 0 unspecified atom stereocenters. The summed E-state index contributed by atoms with van der Waals surface area (Å²) >= 11 is 0. The van der Waals surface area contributed by atoms with Gasteiger partial charge in [0.15, 0.2) is 11.6 Å². The van der Waals surface area contributed by atoms with Crippen molar-refractivity contribution < 1.29 is 23.4 Å². The first-order valence-corrected chi connectivity index (χ1v) is 9.16. The van der Waals surface area contributed by atoms with Gasteiger partial charge in [0.05, 0.1) is 18.9 Å². The van der Waals surface area contributed by atoms with Crippen LogP contribution in [0.2, 0.25) is 0 Å². The molecule has 0 aliphatic heterocycles. The minimum Gasteiger partial charge on any atom is -0.507 e. The Hall–Kier alpha value is -3.22. The third-order valence-electron chi connectivity index (χ3n) is 4.84. The van der Waals surface area contributed by atoms with Gasteiger partial charge in [0, 0.05) is 23.2 Å². The Bertz CT molecular complexity index is 1150. The number of nitrogens with zero attached hydrogens (tertiary/aromatic N) is 1. The molecule has 5 nitrogen and oxygen atoms in total. The molecule has 3 rings (SSSR count). The number of carbonyl (C=O) groups excluding carboxylic acids is 1. The number of aromatic nitrogens is 1. The van der Waals surface area contributed by atoms with Gasteiger partial charge in [-0.05, 0) is 29.7 Å². The van der Waals surface area contributed by atoms with E-state index in [1.54, 1.807) is 12.1 Å². The van der Waals surface area contributed by atoms with E-state index in [1.807, 2.05) is 13.8 Å². The van der Waals surface area contributed by atoms with E-state index in [9.17, 15) is 23.5 Å². The van der Waals surface area contributed by atoms with Crippen LogP contribution < -0.4 is 5.56 Å². The Morgan fingerprint density at radius 3 is 2.52 bits per heavy atom. The molecular weight excluding hydrogens is 380 g/mol. The van der Waals surface area contributed by atoms with Crippen LogP contribution in [0.1, 0.15) is 31.9 Å². The number of aromatic hydroxyl groups is 1. The molecule has 1 N–H and O–H groups in total. The highest BCUT2D eigenvalue weighted by atomic mass is 19.2. The zero-order chi connectivity index (χ0) is 21.3. The monoisotopic (exact) mass is 401 g/mol. The van der Waals surface area contributed by atoms with Gasteiger partial charge in [-0.25, -0.2) is 8.78 Å². The van der Waals surface area contributed by atoms with Gasteiger partial charge in [-0.15, -0.1) is 0 Å². The Kier molecular flexibility index (Phi) is 5.68. The van der Waals surface area contributed by atoms with Crippen LogP contribution in [-0.2, 0) is 16.1 Å². The van der Waals surface area contributed by atoms with Gasteiger partial charge in [-0.2, -0.15) is 0 Å². The van der Waals surface area contributed by atoms with Crippen molar-refractivity contribution in [2.75, 3.05) is 7.11 Å². The predicted octanol–water partition coefficient (Wildman–Crippen LogP) is 4.34. The van der Waals surface area contributed by atoms with Crippen molar-refractivity contribution in [1.29, 1.82) is 0 Å². The summed E-state index contributed by atoms with van der Waals surface area (Å²) in [6.45, 7) is 3.75. The molecule has 0 saturated carbocycles. The number of hydrogen-bond acceptors (Lipinski definition) is 4. The van der Waals surface area contributed by atoms with E-state index in [4.69, 9.17) is 0 Å². The number of halogens is 2. The SMILES string of the molecule is COC(=O)CCn1c(C(C)C)c(-c2ccc(F)c(F)c2)c2cccc(O)c2c1=O. The molecule has 0 spiro atoms. The van der Waals surface area contributed by atoms with Crippen molar-refractivity contribution in [2.45, 2.75) is 32.7 Å². The van der Waals surface area contributed by atoms with Gasteiger partial charge >= 0.3 is 5.97 Å². The molecule has 0 saturated heterocycles. The number of ether oxygens (including phenoxy) is 1. The topological polar surface area (TPSA) is 68.5 Å². The third kappa shape index (κ3) is 3.72. The highest BCUT2D eigenvalue weighted by molar-refractivity contribution is 6.00. The second-order valence-corrected chi connectivity index (χ2v) is 7.03. The maximum Gasteiger partial charge on any atom is 0.307 e. The first-order chi connectivity index (χ1) is 13.8. The molecule has 2 aromatic carbocycles. The minimum absolute atomic E-state index is 0.0277. The lowest BCUT2D eigenvalue weighted by atomic mass is 9.91. The summed E-state index contributed by atoms with van der Waals surface area (Å²) in [7, 11) is 1.26. The molecule has 3 aromatic rings. The van der Waals surface area contributed by atoms with E-state index in [0.29, 0.717) is 22.2 Å². The van der Waals surface area contributed by atoms with Gasteiger partial charge in [0.25, 0.3) is 5.56 Å². The van der Waals surface area contributed by atoms with Crippen molar-refractivity contribution in [2.24, 2.45) is 0 Å². The normalized spacial score (nSPS) is 11.2. The molecule has 152 valence electrons. The Morgan fingerprint density at radius 1 is 1.17 bits per heavy atom. The van der Waals surface area contributed by atoms with E-state index in [-0.39, 0.29) is 30.0 Å². The Morgan fingerprint density at radius 2 is 1.90 bits per heavy atom. The van der Waals surface area contributed by atoms with E-state index in [1.165, 1.54) is 23.8 Å². The largest absolute Gasteiger partial charge is 0.507 e. The van der Waals surface area contributed by atoms with Gasteiger partial charge in [-0.1, -0.05) is 32.0 Å². The number of methoxy groups -OCH3 is 1. The highest BCUT2D eigenvalue weighted by Crippen LogP contribution is 2.37. The molecule has 29 heavy (non-hydrogen) atoms. The van der Waals surface area contributed by atoms with Crippen LogP contribution in [0.4, 0.5) is 8.78 Å².